The summed E-state index contributed by atoms with van der Waals surface area (Å²) in [6.45, 7) is 4.38. The number of oxime groups is 1. The summed E-state index contributed by atoms with van der Waals surface area (Å²) in [6.07, 6.45) is 0. The largest absolute Gasteiger partial charge is 0.494 e. The number of nitrogens with zero attached hydrogens (tertiary/aromatic N) is 3. The molecule has 10 heteroatoms. The highest BCUT2D eigenvalue weighted by Crippen LogP contribution is 2.36. The Bertz CT molecular complexity index is 1260. The zero-order valence-corrected chi connectivity index (χ0v) is 19.4. The minimum atomic E-state index is -0.458. The summed E-state index contributed by atoms with van der Waals surface area (Å²) in [5.74, 6) is -0.514. The molecule has 0 bridgehead atoms. The summed E-state index contributed by atoms with van der Waals surface area (Å²) in [4.78, 5) is 27.7. The van der Waals surface area contributed by atoms with Crippen LogP contribution in [0, 0.1) is 0 Å². The summed E-state index contributed by atoms with van der Waals surface area (Å²) < 4.78 is 10.2. The van der Waals surface area contributed by atoms with Gasteiger partial charge in [0, 0.05) is 36.1 Å². The molecule has 2 N–H and O–H groups in total. The van der Waals surface area contributed by atoms with Crippen LogP contribution in [-0.2, 0) is 14.3 Å². The normalized spacial score (nSPS) is 16.7. The number of hydrogen-bond donors (Lipinski definition) is 2. The first-order chi connectivity index (χ1) is 16.2. The lowest BCUT2D eigenvalue weighted by Crippen LogP contribution is -2.38. The Labute approximate surface area is 202 Å². The second-order valence-electron chi connectivity index (χ2n) is 7.81. The van der Waals surface area contributed by atoms with Gasteiger partial charge in [-0.3, -0.25) is 4.90 Å². The van der Waals surface area contributed by atoms with Gasteiger partial charge in [0.2, 0.25) is 0 Å². The SMILES string of the molecule is COC(=O)c1ccc2[nH]c(O)c(C3=Nc4ccccc4/C3=N\OCCN3CCOCC3)c2c1.Cl. The Balaban J connectivity index is 0.00000274. The van der Waals surface area contributed by atoms with E-state index in [0.29, 0.717) is 40.1 Å². The van der Waals surface area contributed by atoms with Crippen molar-refractivity contribution in [1.82, 2.24) is 9.88 Å². The van der Waals surface area contributed by atoms with Gasteiger partial charge >= 0.3 is 5.97 Å². The monoisotopic (exact) mass is 484 g/mol. The number of aromatic nitrogens is 1. The lowest BCUT2D eigenvalue weighted by molar-refractivity contribution is 0.0213. The highest BCUT2D eigenvalue weighted by molar-refractivity contribution is 6.58. The van der Waals surface area contributed by atoms with E-state index in [-0.39, 0.29) is 18.3 Å². The van der Waals surface area contributed by atoms with Crippen molar-refractivity contribution in [2.24, 2.45) is 10.1 Å². The van der Waals surface area contributed by atoms with E-state index in [9.17, 15) is 9.90 Å². The molecule has 2 aliphatic heterocycles. The quantitative estimate of drug-likeness (QED) is 0.316. The molecule has 1 fully saturated rings. The molecule has 0 spiro atoms. The number of hydrogen-bond acceptors (Lipinski definition) is 8. The Morgan fingerprint density at radius 1 is 1.24 bits per heavy atom. The molecule has 9 nitrogen and oxygen atoms in total. The van der Waals surface area contributed by atoms with Crippen LogP contribution < -0.4 is 0 Å². The number of methoxy groups -OCH3 is 1. The number of carbonyl (C=O) groups excluding carboxylic acids is 1. The molecule has 178 valence electrons. The predicted molar refractivity (Wildman–Crippen MR) is 131 cm³/mol. The van der Waals surface area contributed by atoms with Gasteiger partial charge in [0.05, 0.1) is 37.1 Å². The number of nitrogens with one attached hydrogen (secondary N) is 1. The number of morpholine rings is 1. The number of fused-ring (bicyclic) bond motifs is 2. The van der Waals surface area contributed by atoms with Crippen molar-refractivity contribution in [3.63, 3.8) is 0 Å². The third-order valence-electron chi connectivity index (χ3n) is 5.81. The molecule has 0 amide bonds. The summed E-state index contributed by atoms with van der Waals surface area (Å²) >= 11 is 0. The van der Waals surface area contributed by atoms with Crippen molar-refractivity contribution in [1.29, 1.82) is 0 Å². The Hall–Kier alpha value is -3.40. The number of aromatic amines is 1. The van der Waals surface area contributed by atoms with E-state index >= 15 is 0 Å². The van der Waals surface area contributed by atoms with Crippen molar-refractivity contribution in [3.8, 4) is 5.88 Å². The zero-order chi connectivity index (χ0) is 22.8. The fraction of sp³-hybridized carbons (Fsp3) is 0.292. The van der Waals surface area contributed by atoms with Gasteiger partial charge in [0.1, 0.15) is 18.0 Å². The first-order valence-electron chi connectivity index (χ1n) is 10.8. The summed E-state index contributed by atoms with van der Waals surface area (Å²) in [5, 5.41) is 15.8. The molecule has 0 atom stereocenters. The maximum atomic E-state index is 12.1. The minimum Gasteiger partial charge on any atom is -0.494 e. The van der Waals surface area contributed by atoms with E-state index < -0.39 is 5.97 Å². The van der Waals surface area contributed by atoms with Crippen LogP contribution in [-0.4, -0.2) is 78.9 Å². The number of esters is 1. The van der Waals surface area contributed by atoms with E-state index in [1.54, 1.807) is 18.2 Å². The fourth-order valence-corrected chi connectivity index (χ4v) is 4.11. The molecule has 34 heavy (non-hydrogen) atoms. The summed E-state index contributed by atoms with van der Waals surface area (Å²) in [6, 6.07) is 12.7. The number of aromatic hydroxyl groups is 1. The maximum Gasteiger partial charge on any atom is 0.337 e. The fourth-order valence-electron chi connectivity index (χ4n) is 4.11. The second kappa shape index (κ2) is 10.3. The summed E-state index contributed by atoms with van der Waals surface area (Å²) in [5.41, 5.74) is 4.07. The van der Waals surface area contributed by atoms with Gasteiger partial charge in [-0.1, -0.05) is 23.4 Å². The number of ether oxygens (including phenoxy) is 2. The van der Waals surface area contributed by atoms with Crippen LogP contribution in [0.5, 0.6) is 5.88 Å². The van der Waals surface area contributed by atoms with Gasteiger partial charge in [-0.2, -0.15) is 0 Å². The molecule has 5 rings (SSSR count). The first kappa shape index (κ1) is 23.7. The Kier molecular flexibility index (Phi) is 7.16. The average molecular weight is 485 g/mol. The van der Waals surface area contributed by atoms with Gasteiger partial charge in [0.25, 0.3) is 0 Å². The predicted octanol–water partition coefficient (Wildman–Crippen LogP) is 3.27. The standard InChI is InChI=1S/C24H24N4O5.ClH/c1-31-24(30)15-6-7-19-17(14-15)20(23(29)26-19)22-21(16-4-2-3-5-18(16)25-22)27-33-13-10-28-8-11-32-12-9-28;/h2-7,14,26,29H,8-13H2,1H3;1H/b27-21+;. The van der Waals surface area contributed by atoms with Gasteiger partial charge in [-0.05, 0) is 24.3 Å². The van der Waals surface area contributed by atoms with E-state index in [1.807, 2.05) is 24.3 Å². The van der Waals surface area contributed by atoms with Crippen molar-refractivity contribution < 1.29 is 24.2 Å². The lowest BCUT2D eigenvalue weighted by atomic mass is 10.00. The van der Waals surface area contributed by atoms with Crippen LogP contribution in [0.2, 0.25) is 0 Å². The van der Waals surface area contributed by atoms with Crippen LogP contribution in [0.25, 0.3) is 10.9 Å². The third-order valence-corrected chi connectivity index (χ3v) is 5.81. The molecule has 0 aliphatic carbocycles. The Morgan fingerprint density at radius 3 is 2.82 bits per heavy atom. The van der Waals surface area contributed by atoms with E-state index in [1.165, 1.54) is 7.11 Å². The van der Waals surface area contributed by atoms with Crippen LogP contribution in [0.1, 0.15) is 21.5 Å². The van der Waals surface area contributed by atoms with Crippen LogP contribution in [0.4, 0.5) is 5.69 Å². The highest BCUT2D eigenvalue weighted by Gasteiger charge is 2.29. The molecule has 1 saturated heterocycles. The van der Waals surface area contributed by atoms with Crippen molar-refractivity contribution in [2.75, 3.05) is 46.6 Å². The third kappa shape index (κ3) is 4.50. The minimum absolute atomic E-state index is 0. The van der Waals surface area contributed by atoms with Gasteiger partial charge in [-0.15, -0.1) is 12.4 Å². The smallest absolute Gasteiger partial charge is 0.337 e. The van der Waals surface area contributed by atoms with Crippen LogP contribution >= 0.6 is 12.4 Å². The van der Waals surface area contributed by atoms with Crippen molar-refractivity contribution >= 4 is 46.4 Å². The van der Waals surface area contributed by atoms with Crippen LogP contribution in [0.3, 0.4) is 0 Å². The lowest BCUT2D eigenvalue weighted by Gasteiger charge is -2.25. The number of rotatable bonds is 6. The number of H-pyrrole nitrogens is 1. The topological polar surface area (TPSA) is 109 Å². The molecular weight excluding hydrogens is 460 g/mol. The van der Waals surface area contributed by atoms with E-state index in [4.69, 9.17) is 19.3 Å². The number of carbonyl (C=O) groups is 1. The van der Waals surface area contributed by atoms with Gasteiger partial charge < -0.3 is 24.4 Å². The average Bonchev–Trinajstić information content (AvgIpc) is 3.37. The first-order valence-corrected chi connectivity index (χ1v) is 10.8. The number of para-hydroxylation sites is 1. The van der Waals surface area contributed by atoms with Gasteiger partial charge in [-0.25, -0.2) is 9.79 Å². The summed E-state index contributed by atoms with van der Waals surface area (Å²) in [7, 11) is 1.33. The molecule has 2 aliphatic rings. The zero-order valence-electron chi connectivity index (χ0n) is 18.6. The highest BCUT2D eigenvalue weighted by atomic mass is 35.5. The molecule has 3 heterocycles. The number of halogens is 1. The van der Waals surface area contributed by atoms with E-state index in [2.05, 4.69) is 15.0 Å². The molecule has 3 aromatic rings. The molecule has 0 radical (unpaired) electrons. The Morgan fingerprint density at radius 2 is 2.03 bits per heavy atom. The molecule has 2 aromatic carbocycles. The molecule has 0 saturated carbocycles. The van der Waals surface area contributed by atoms with Crippen molar-refractivity contribution in [2.45, 2.75) is 0 Å². The molecular formula is C24H25ClN4O5. The maximum absolute atomic E-state index is 12.1. The second-order valence-corrected chi connectivity index (χ2v) is 7.81. The number of benzene rings is 2. The van der Waals surface area contributed by atoms with Gasteiger partial charge in [0.15, 0.2) is 5.88 Å². The number of aliphatic imine (C=N–C) groups is 1. The van der Waals surface area contributed by atoms with Crippen LogP contribution in [0.15, 0.2) is 52.6 Å². The van der Waals surface area contributed by atoms with E-state index in [0.717, 1.165) is 44.1 Å². The van der Waals surface area contributed by atoms with Crippen molar-refractivity contribution in [3.05, 3.63) is 59.2 Å². The molecule has 1 aromatic heterocycles. The molecule has 0 unspecified atom stereocenters.